The highest BCUT2D eigenvalue weighted by Gasteiger charge is 2.26. The third-order valence-corrected chi connectivity index (χ3v) is 2.40. The van der Waals surface area contributed by atoms with Gasteiger partial charge in [0.2, 0.25) is 0 Å². The Morgan fingerprint density at radius 2 is 2.06 bits per heavy atom. The predicted molar refractivity (Wildman–Crippen MR) is 53.7 cm³/mol. The van der Waals surface area contributed by atoms with Gasteiger partial charge in [-0.3, -0.25) is 10.1 Å². The first-order valence-corrected chi connectivity index (χ1v) is 4.80. The third kappa shape index (κ3) is 2.19. The lowest BCUT2D eigenvalue weighted by Crippen LogP contribution is -2.32. The van der Waals surface area contributed by atoms with Crippen molar-refractivity contribution in [3.8, 4) is 0 Å². The van der Waals surface area contributed by atoms with E-state index >= 15 is 0 Å². The molecular formula is C10H11NO5. The summed E-state index contributed by atoms with van der Waals surface area (Å²) < 4.78 is 10.1. The predicted octanol–water partition coefficient (Wildman–Crippen LogP) is 1.00. The second-order valence-electron chi connectivity index (χ2n) is 3.49. The SMILES string of the molecule is O=[N+]([O-])c1ccc([C@H]2OCOC[C@@H]2O)cc1. The topological polar surface area (TPSA) is 81.8 Å². The summed E-state index contributed by atoms with van der Waals surface area (Å²) in [4.78, 5) is 9.99. The molecule has 0 bridgehead atoms. The number of hydrogen-bond acceptors (Lipinski definition) is 5. The van der Waals surface area contributed by atoms with Gasteiger partial charge in [0.1, 0.15) is 19.0 Å². The van der Waals surface area contributed by atoms with E-state index in [-0.39, 0.29) is 19.1 Å². The number of nitro benzene ring substituents is 1. The monoisotopic (exact) mass is 225 g/mol. The van der Waals surface area contributed by atoms with Crippen LogP contribution in [0.5, 0.6) is 0 Å². The zero-order valence-corrected chi connectivity index (χ0v) is 8.41. The van der Waals surface area contributed by atoms with E-state index in [0.717, 1.165) is 0 Å². The number of aliphatic hydroxyl groups excluding tert-OH is 1. The molecule has 1 N–H and O–H groups in total. The minimum absolute atomic E-state index is 0.0188. The summed E-state index contributed by atoms with van der Waals surface area (Å²) in [5.74, 6) is 0. The van der Waals surface area contributed by atoms with E-state index in [2.05, 4.69) is 0 Å². The minimum atomic E-state index is -0.741. The highest BCUT2D eigenvalue weighted by molar-refractivity contribution is 5.34. The second kappa shape index (κ2) is 4.56. The molecule has 1 aromatic carbocycles. The molecule has 0 aliphatic carbocycles. The van der Waals surface area contributed by atoms with Gasteiger partial charge >= 0.3 is 0 Å². The van der Waals surface area contributed by atoms with Gasteiger partial charge in [-0.05, 0) is 17.7 Å². The van der Waals surface area contributed by atoms with Crippen molar-refractivity contribution in [1.82, 2.24) is 0 Å². The van der Waals surface area contributed by atoms with E-state index in [1.165, 1.54) is 12.1 Å². The molecule has 6 nitrogen and oxygen atoms in total. The Hall–Kier alpha value is -1.50. The van der Waals surface area contributed by atoms with Crippen molar-refractivity contribution in [3.63, 3.8) is 0 Å². The summed E-state index contributed by atoms with van der Waals surface area (Å²) >= 11 is 0. The van der Waals surface area contributed by atoms with Gasteiger partial charge < -0.3 is 14.6 Å². The van der Waals surface area contributed by atoms with Crippen molar-refractivity contribution in [2.24, 2.45) is 0 Å². The van der Waals surface area contributed by atoms with Crippen molar-refractivity contribution in [2.45, 2.75) is 12.2 Å². The van der Waals surface area contributed by atoms with E-state index in [9.17, 15) is 15.2 Å². The number of non-ortho nitro benzene ring substituents is 1. The van der Waals surface area contributed by atoms with E-state index in [0.29, 0.717) is 5.56 Å². The van der Waals surface area contributed by atoms with E-state index in [4.69, 9.17) is 9.47 Å². The molecule has 0 unspecified atom stereocenters. The molecule has 2 atom stereocenters. The normalized spacial score (nSPS) is 25.3. The second-order valence-corrected chi connectivity index (χ2v) is 3.49. The fraction of sp³-hybridized carbons (Fsp3) is 0.400. The van der Waals surface area contributed by atoms with Gasteiger partial charge in [0.05, 0.1) is 11.5 Å². The summed E-state index contributed by atoms with van der Waals surface area (Å²) in [6.45, 7) is 0.334. The summed E-state index contributed by atoms with van der Waals surface area (Å²) in [7, 11) is 0. The molecule has 1 aliphatic rings. The zero-order valence-electron chi connectivity index (χ0n) is 8.41. The lowest BCUT2D eigenvalue weighted by molar-refractivity contribution is -0.384. The first-order valence-electron chi connectivity index (χ1n) is 4.80. The standard InChI is InChI=1S/C10H11NO5/c12-9-5-15-6-16-10(9)7-1-3-8(4-2-7)11(13)14/h1-4,9-10,12H,5-6H2/t9-,10+/m0/s1. The van der Waals surface area contributed by atoms with Crippen LogP contribution in [0.4, 0.5) is 5.69 Å². The Morgan fingerprint density at radius 1 is 1.38 bits per heavy atom. The Bertz CT molecular complexity index is 377. The highest BCUT2D eigenvalue weighted by Crippen LogP contribution is 2.26. The van der Waals surface area contributed by atoms with Crippen molar-refractivity contribution >= 4 is 5.69 Å². The van der Waals surface area contributed by atoms with Crippen molar-refractivity contribution < 1.29 is 19.5 Å². The number of nitro groups is 1. The Balaban J connectivity index is 2.17. The largest absolute Gasteiger partial charge is 0.388 e. The molecule has 0 spiro atoms. The number of rotatable bonds is 2. The van der Waals surface area contributed by atoms with Crippen LogP contribution in [0.25, 0.3) is 0 Å². The average Bonchev–Trinajstić information content (AvgIpc) is 2.30. The number of nitrogens with zero attached hydrogens (tertiary/aromatic N) is 1. The maximum atomic E-state index is 10.5. The Labute approximate surface area is 91.6 Å². The van der Waals surface area contributed by atoms with Gasteiger partial charge in [-0.15, -0.1) is 0 Å². The van der Waals surface area contributed by atoms with Gasteiger partial charge in [-0.25, -0.2) is 0 Å². The lowest BCUT2D eigenvalue weighted by Gasteiger charge is -2.28. The lowest BCUT2D eigenvalue weighted by atomic mass is 10.0. The van der Waals surface area contributed by atoms with Crippen LogP contribution in [-0.4, -0.2) is 29.5 Å². The summed E-state index contributed by atoms with van der Waals surface area (Å²) in [6.07, 6.45) is -1.22. The molecule has 1 fully saturated rings. The molecule has 2 rings (SSSR count). The van der Waals surface area contributed by atoms with Crippen LogP contribution in [0.15, 0.2) is 24.3 Å². The molecule has 1 aromatic rings. The Kier molecular flexibility index (Phi) is 3.14. The summed E-state index contributed by atoms with van der Waals surface area (Å²) in [5, 5.41) is 20.1. The fourth-order valence-electron chi connectivity index (χ4n) is 1.59. The molecule has 86 valence electrons. The van der Waals surface area contributed by atoms with Crippen LogP contribution in [0.3, 0.4) is 0 Å². The van der Waals surface area contributed by atoms with Crippen molar-refractivity contribution in [2.75, 3.05) is 13.4 Å². The molecular weight excluding hydrogens is 214 g/mol. The van der Waals surface area contributed by atoms with Crippen molar-refractivity contribution in [1.29, 1.82) is 0 Å². The van der Waals surface area contributed by atoms with E-state index in [1.807, 2.05) is 0 Å². The van der Waals surface area contributed by atoms with E-state index < -0.39 is 17.1 Å². The maximum Gasteiger partial charge on any atom is 0.269 e. The first kappa shape index (κ1) is 11.0. The van der Waals surface area contributed by atoms with Gasteiger partial charge in [0.25, 0.3) is 5.69 Å². The number of benzene rings is 1. The molecule has 0 saturated carbocycles. The van der Waals surface area contributed by atoms with Crippen LogP contribution in [0, 0.1) is 10.1 Å². The molecule has 1 aliphatic heterocycles. The molecule has 0 radical (unpaired) electrons. The van der Waals surface area contributed by atoms with Gasteiger partial charge in [-0.2, -0.15) is 0 Å². The smallest absolute Gasteiger partial charge is 0.269 e. The number of ether oxygens (including phenoxy) is 2. The van der Waals surface area contributed by atoms with Crippen LogP contribution in [0.2, 0.25) is 0 Å². The molecule has 0 amide bonds. The number of hydrogen-bond donors (Lipinski definition) is 1. The number of aliphatic hydroxyl groups is 1. The molecule has 1 saturated heterocycles. The van der Waals surface area contributed by atoms with Crippen LogP contribution in [-0.2, 0) is 9.47 Å². The molecule has 1 heterocycles. The molecule has 0 aromatic heterocycles. The van der Waals surface area contributed by atoms with Crippen LogP contribution >= 0.6 is 0 Å². The quantitative estimate of drug-likeness (QED) is 0.599. The van der Waals surface area contributed by atoms with E-state index in [1.54, 1.807) is 12.1 Å². The molecule has 6 heteroatoms. The highest BCUT2D eigenvalue weighted by atomic mass is 16.7. The minimum Gasteiger partial charge on any atom is -0.388 e. The molecule has 16 heavy (non-hydrogen) atoms. The summed E-state index contributed by atoms with van der Waals surface area (Å²) in [6, 6.07) is 5.94. The zero-order chi connectivity index (χ0) is 11.5. The summed E-state index contributed by atoms with van der Waals surface area (Å²) in [5.41, 5.74) is 0.728. The van der Waals surface area contributed by atoms with Gasteiger partial charge in [-0.1, -0.05) is 0 Å². The maximum absolute atomic E-state index is 10.5. The average molecular weight is 225 g/mol. The Morgan fingerprint density at radius 3 is 2.62 bits per heavy atom. The van der Waals surface area contributed by atoms with Crippen LogP contribution in [0.1, 0.15) is 11.7 Å². The van der Waals surface area contributed by atoms with Crippen molar-refractivity contribution in [3.05, 3.63) is 39.9 Å². The van der Waals surface area contributed by atoms with Gasteiger partial charge in [0.15, 0.2) is 0 Å². The van der Waals surface area contributed by atoms with Crippen LogP contribution < -0.4 is 0 Å². The fourth-order valence-corrected chi connectivity index (χ4v) is 1.59. The third-order valence-electron chi connectivity index (χ3n) is 2.40. The first-order chi connectivity index (χ1) is 7.68. The van der Waals surface area contributed by atoms with Gasteiger partial charge in [0, 0.05) is 12.1 Å².